The summed E-state index contributed by atoms with van der Waals surface area (Å²) in [6.45, 7) is 5.49. The van der Waals surface area contributed by atoms with E-state index in [1.807, 2.05) is 12.5 Å². The maximum atomic E-state index is 5.59. The summed E-state index contributed by atoms with van der Waals surface area (Å²) in [4.78, 5) is 4.46. The maximum absolute atomic E-state index is 5.59. The minimum absolute atomic E-state index is 0.298. The van der Waals surface area contributed by atoms with Crippen LogP contribution in [-0.2, 0) is 13.0 Å². The Balaban J connectivity index is 2.08. The Bertz CT molecular complexity index is 590. The van der Waals surface area contributed by atoms with E-state index >= 15 is 0 Å². The molecule has 0 N–H and O–H groups in total. The van der Waals surface area contributed by atoms with Crippen molar-refractivity contribution < 1.29 is 9.47 Å². The molecule has 0 bridgehead atoms. The van der Waals surface area contributed by atoms with Gasteiger partial charge in [-0.2, -0.15) is 0 Å². The van der Waals surface area contributed by atoms with Crippen LogP contribution in [0.25, 0.3) is 11.3 Å². The molecule has 0 amide bonds. The molecular weight excluding hydrogens is 240 g/mol. The van der Waals surface area contributed by atoms with Gasteiger partial charge in [-0.25, -0.2) is 4.98 Å². The molecule has 2 aromatic rings. The van der Waals surface area contributed by atoms with Gasteiger partial charge in [0.1, 0.15) is 0 Å². The molecule has 1 aromatic carbocycles. The van der Waals surface area contributed by atoms with Crippen LogP contribution in [0.1, 0.15) is 25.8 Å². The van der Waals surface area contributed by atoms with Gasteiger partial charge in [0.15, 0.2) is 11.5 Å². The first-order valence-corrected chi connectivity index (χ1v) is 6.76. The lowest BCUT2D eigenvalue weighted by Gasteiger charge is -2.07. The van der Waals surface area contributed by atoms with Crippen molar-refractivity contribution in [2.75, 3.05) is 6.79 Å². The normalized spacial score (nSPS) is 12.9. The third-order valence-electron chi connectivity index (χ3n) is 3.35. The smallest absolute Gasteiger partial charge is 0.231 e. The lowest BCUT2D eigenvalue weighted by molar-refractivity contribution is 0.174. The summed E-state index contributed by atoms with van der Waals surface area (Å²) in [7, 11) is 0. The van der Waals surface area contributed by atoms with Crippen LogP contribution in [0, 0.1) is 0 Å². The number of benzene rings is 1. The molecule has 0 radical (unpaired) electrons. The van der Waals surface area contributed by atoms with E-state index in [0.717, 1.165) is 42.1 Å². The number of hydrogen-bond acceptors (Lipinski definition) is 3. The first-order valence-electron chi connectivity index (χ1n) is 6.76. The Morgan fingerprint density at radius 1 is 1.26 bits per heavy atom. The zero-order valence-corrected chi connectivity index (χ0v) is 11.3. The van der Waals surface area contributed by atoms with Gasteiger partial charge in [0.2, 0.25) is 6.79 Å². The van der Waals surface area contributed by atoms with Crippen LogP contribution < -0.4 is 9.47 Å². The van der Waals surface area contributed by atoms with E-state index in [-0.39, 0.29) is 0 Å². The van der Waals surface area contributed by atoms with E-state index in [2.05, 4.69) is 35.5 Å². The van der Waals surface area contributed by atoms with Crippen LogP contribution in [0.15, 0.2) is 24.7 Å². The predicted molar refractivity (Wildman–Crippen MR) is 73.5 cm³/mol. The quantitative estimate of drug-likeness (QED) is 0.844. The molecule has 0 atom stereocenters. The number of aryl methyl sites for hydroxylation is 2. The Morgan fingerprint density at radius 3 is 2.89 bits per heavy atom. The molecule has 0 aliphatic carbocycles. The second-order valence-corrected chi connectivity index (χ2v) is 4.72. The zero-order valence-electron chi connectivity index (χ0n) is 11.3. The van der Waals surface area contributed by atoms with Crippen molar-refractivity contribution in [3.8, 4) is 22.8 Å². The second kappa shape index (κ2) is 4.96. The van der Waals surface area contributed by atoms with Crippen LogP contribution in [0.3, 0.4) is 0 Å². The average Bonchev–Trinajstić information content (AvgIpc) is 3.06. The summed E-state index contributed by atoms with van der Waals surface area (Å²) in [6.07, 6.45) is 6.05. The van der Waals surface area contributed by atoms with Crippen LogP contribution in [-0.4, -0.2) is 16.3 Å². The van der Waals surface area contributed by atoms with Crippen LogP contribution in [0.5, 0.6) is 11.5 Å². The van der Waals surface area contributed by atoms with Crippen molar-refractivity contribution in [1.29, 1.82) is 0 Å². The van der Waals surface area contributed by atoms with Gasteiger partial charge in [-0.15, -0.1) is 0 Å². The predicted octanol–water partition coefficient (Wildman–Crippen LogP) is 3.25. The van der Waals surface area contributed by atoms with Gasteiger partial charge >= 0.3 is 0 Å². The fourth-order valence-electron chi connectivity index (χ4n) is 2.36. The molecule has 0 unspecified atom stereocenters. The standard InChI is InChI=1S/C15H18N2O2/c1-3-5-11-6-12(13-8-17(4-2)9-16-13)15-14(7-11)18-10-19-15/h6-9H,3-5,10H2,1-2H3. The Kier molecular flexibility index (Phi) is 3.15. The summed E-state index contributed by atoms with van der Waals surface area (Å²) >= 11 is 0. The molecule has 0 fully saturated rings. The summed E-state index contributed by atoms with van der Waals surface area (Å²) in [5, 5.41) is 0. The molecule has 19 heavy (non-hydrogen) atoms. The van der Waals surface area contributed by atoms with Gasteiger partial charge in [0.25, 0.3) is 0 Å². The van der Waals surface area contributed by atoms with Gasteiger partial charge in [-0.1, -0.05) is 13.3 Å². The monoisotopic (exact) mass is 258 g/mol. The van der Waals surface area contributed by atoms with Gasteiger partial charge < -0.3 is 14.0 Å². The number of nitrogens with zero attached hydrogens (tertiary/aromatic N) is 2. The summed E-state index contributed by atoms with van der Waals surface area (Å²) in [6, 6.07) is 4.24. The number of fused-ring (bicyclic) bond motifs is 1. The molecule has 0 saturated heterocycles. The molecule has 1 aliphatic rings. The van der Waals surface area contributed by atoms with Gasteiger partial charge in [0, 0.05) is 18.3 Å². The van der Waals surface area contributed by atoms with E-state index in [0.29, 0.717) is 6.79 Å². The third kappa shape index (κ3) is 2.18. The van der Waals surface area contributed by atoms with Gasteiger partial charge in [0.05, 0.1) is 12.0 Å². The van der Waals surface area contributed by atoms with Crippen LogP contribution in [0.2, 0.25) is 0 Å². The largest absolute Gasteiger partial charge is 0.454 e. The Hall–Kier alpha value is -1.97. The summed E-state index contributed by atoms with van der Waals surface area (Å²) in [5.74, 6) is 1.66. The minimum atomic E-state index is 0.298. The van der Waals surface area contributed by atoms with Gasteiger partial charge in [-0.05, 0) is 31.0 Å². The zero-order chi connectivity index (χ0) is 13.2. The molecule has 0 saturated carbocycles. The van der Waals surface area contributed by atoms with Gasteiger partial charge in [-0.3, -0.25) is 0 Å². The highest BCUT2D eigenvalue weighted by atomic mass is 16.7. The number of rotatable bonds is 4. The second-order valence-electron chi connectivity index (χ2n) is 4.72. The number of ether oxygens (including phenoxy) is 2. The minimum Gasteiger partial charge on any atom is -0.454 e. The molecular formula is C15H18N2O2. The van der Waals surface area contributed by atoms with E-state index in [9.17, 15) is 0 Å². The van der Waals surface area contributed by atoms with E-state index in [1.54, 1.807) is 0 Å². The summed E-state index contributed by atoms with van der Waals surface area (Å²) in [5.41, 5.74) is 3.25. The average molecular weight is 258 g/mol. The Labute approximate surface area is 113 Å². The highest BCUT2D eigenvalue weighted by Crippen LogP contribution is 2.42. The molecule has 0 spiro atoms. The lowest BCUT2D eigenvalue weighted by atomic mass is 10.0. The molecule has 4 heteroatoms. The Morgan fingerprint density at radius 2 is 2.16 bits per heavy atom. The first-order chi connectivity index (χ1) is 9.31. The van der Waals surface area contributed by atoms with E-state index in [1.165, 1.54) is 5.56 Å². The maximum Gasteiger partial charge on any atom is 0.231 e. The van der Waals surface area contributed by atoms with Crippen LogP contribution >= 0.6 is 0 Å². The van der Waals surface area contributed by atoms with Crippen LogP contribution in [0.4, 0.5) is 0 Å². The van der Waals surface area contributed by atoms with E-state index in [4.69, 9.17) is 9.47 Å². The summed E-state index contributed by atoms with van der Waals surface area (Å²) < 4.78 is 13.2. The number of aromatic nitrogens is 2. The molecule has 4 nitrogen and oxygen atoms in total. The van der Waals surface area contributed by atoms with Crippen molar-refractivity contribution >= 4 is 0 Å². The SMILES string of the molecule is CCCc1cc2c(c(-c3cn(CC)cn3)c1)OCO2. The highest BCUT2D eigenvalue weighted by Gasteiger charge is 2.21. The lowest BCUT2D eigenvalue weighted by Crippen LogP contribution is -1.93. The highest BCUT2D eigenvalue weighted by molar-refractivity contribution is 5.72. The molecule has 3 rings (SSSR count). The van der Waals surface area contributed by atoms with Crippen molar-refractivity contribution in [3.05, 3.63) is 30.2 Å². The molecule has 2 heterocycles. The topological polar surface area (TPSA) is 36.3 Å². The van der Waals surface area contributed by atoms with Crippen molar-refractivity contribution in [1.82, 2.24) is 9.55 Å². The fraction of sp³-hybridized carbons (Fsp3) is 0.400. The number of hydrogen-bond donors (Lipinski definition) is 0. The third-order valence-corrected chi connectivity index (χ3v) is 3.35. The van der Waals surface area contributed by atoms with Crippen molar-refractivity contribution in [3.63, 3.8) is 0 Å². The molecule has 1 aliphatic heterocycles. The van der Waals surface area contributed by atoms with Crippen molar-refractivity contribution in [2.24, 2.45) is 0 Å². The fourth-order valence-corrected chi connectivity index (χ4v) is 2.36. The first kappa shape index (κ1) is 12.1. The van der Waals surface area contributed by atoms with E-state index < -0.39 is 0 Å². The molecule has 1 aromatic heterocycles. The number of imidazole rings is 1. The molecule has 100 valence electrons. The van der Waals surface area contributed by atoms with Crippen molar-refractivity contribution in [2.45, 2.75) is 33.2 Å².